The molecule has 0 aliphatic heterocycles. The molecule has 1 atom stereocenters. The fourth-order valence-corrected chi connectivity index (χ4v) is 0.953. The Balaban J connectivity index is 3.89. The third-order valence-corrected chi connectivity index (χ3v) is 1.37. The maximum Gasteiger partial charge on any atom is 0.315 e. The molecule has 0 spiro atoms. The standard InChI is InChI=1S/C9H19N3O2/c1-6(5-7(10)13)11-8(14)12-9(2,3)4/h6H,5H2,1-4H3,(H2,10,13)(H2,11,12,14). The molecule has 0 aliphatic carbocycles. The number of carbonyl (C=O) groups is 2. The van der Waals surface area contributed by atoms with Crippen LogP contribution in [0.4, 0.5) is 4.79 Å². The number of urea groups is 1. The third kappa shape index (κ3) is 7.39. The van der Waals surface area contributed by atoms with E-state index in [1.807, 2.05) is 20.8 Å². The fraction of sp³-hybridized carbons (Fsp3) is 0.778. The molecule has 5 nitrogen and oxygen atoms in total. The number of carbonyl (C=O) groups excluding carboxylic acids is 2. The second kappa shape index (κ2) is 4.83. The van der Waals surface area contributed by atoms with Crippen LogP contribution < -0.4 is 16.4 Å². The minimum atomic E-state index is -0.423. The first-order chi connectivity index (χ1) is 6.20. The summed E-state index contributed by atoms with van der Waals surface area (Å²) >= 11 is 0. The Morgan fingerprint density at radius 1 is 1.36 bits per heavy atom. The van der Waals surface area contributed by atoms with Gasteiger partial charge in [-0.05, 0) is 27.7 Å². The maximum atomic E-state index is 11.3. The van der Waals surface area contributed by atoms with E-state index in [1.54, 1.807) is 6.92 Å². The number of nitrogens with two attached hydrogens (primary N) is 1. The van der Waals surface area contributed by atoms with E-state index < -0.39 is 5.91 Å². The number of amides is 3. The quantitative estimate of drug-likeness (QED) is 0.615. The van der Waals surface area contributed by atoms with Crippen molar-refractivity contribution < 1.29 is 9.59 Å². The second-order valence-electron chi connectivity index (χ2n) is 4.42. The highest BCUT2D eigenvalue weighted by atomic mass is 16.2. The molecular weight excluding hydrogens is 182 g/mol. The summed E-state index contributed by atoms with van der Waals surface area (Å²) in [7, 11) is 0. The largest absolute Gasteiger partial charge is 0.370 e. The van der Waals surface area contributed by atoms with Gasteiger partial charge in [-0.25, -0.2) is 4.79 Å². The van der Waals surface area contributed by atoms with Crippen LogP contribution in [-0.2, 0) is 4.79 Å². The predicted molar refractivity (Wildman–Crippen MR) is 54.7 cm³/mol. The Morgan fingerprint density at radius 3 is 2.21 bits per heavy atom. The zero-order valence-corrected chi connectivity index (χ0v) is 9.18. The first-order valence-corrected chi connectivity index (χ1v) is 4.57. The minimum Gasteiger partial charge on any atom is -0.370 e. The lowest BCUT2D eigenvalue weighted by Crippen LogP contribution is -2.49. The molecule has 0 aromatic rings. The van der Waals surface area contributed by atoms with Crippen LogP contribution in [-0.4, -0.2) is 23.5 Å². The van der Waals surface area contributed by atoms with E-state index >= 15 is 0 Å². The smallest absolute Gasteiger partial charge is 0.315 e. The molecule has 14 heavy (non-hydrogen) atoms. The van der Waals surface area contributed by atoms with Crippen molar-refractivity contribution in [3.63, 3.8) is 0 Å². The monoisotopic (exact) mass is 201 g/mol. The molecule has 4 N–H and O–H groups in total. The van der Waals surface area contributed by atoms with Gasteiger partial charge < -0.3 is 16.4 Å². The van der Waals surface area contributed by atoms with Gasteiger partial charge in [0, 0.05) is 18.0 Å². The van der Waals surface area contributed by atoms with Crippen LogP contribution in [0, 0.1) is 0 Å². The van der Waals surface area contributed by atoms with Gasteiger partial charge in [0.1, 0.15) is 0 Å². The van der Waals surface area contributed by atoms with E-state index in [-0.39, 0.29) is 24.0 Å². The molecule has 0 saturated heterocycles. The highest BCUT2D eigenvalue weighted by Gasteiger charge is 2.15. The van der Waals surface area contributed by atoms with Gasteiger partial charge in [0.15, 0.2) is 0 Å². The van der Waals surface area contributed by atoms with Crippen molar-refractivity contribution in [1.29, 1.82) is 0 Å². The van der Waals surface area contributed by atoms with Crippen molar-refractivity contribution in [2.24, 2.45) is 5.73 Å². The van der Waals surface area contributed by atoms with Gasteiger partial charge in [-0.1, -0.05) is 0 Å². The summed E-state index contributed by atoms with van der Waals surface area (Å²) in [6, 6.07) is -0.527. The first kappa shape index (κ1) is 12.7. The number of nitrogens with one attached hydrogen (secondary N) is 2. The Bertz CT molecular complexity index is 221. The maximum absolute atomic E-state index is 11.3. The zero-order valence-electron chi connectivity index (χ0n) is 9.18. The Kier molecular flexibility index (Phi) is 4.40. The topological polar surface area (TPSA) is 84.2 Å². The highest BCUT2D eigenvalue weighted by molar-refractivity contribution is 5.78. The van der Waals surface area contributed by atoms with Gasteiger partial charge in [-0.15, -0.1) is 0 Å². The van der Waals surface area contributed by atoms with Crippen LogP contribution in [0.3, 0.4) is 0 Å². The number of primary amides is 1. The number of hydrogen-bond donors (Lipinski definition) is 3. The first-order valence-electron chi connectivity index (χ1n) is 4.57. The molecule has 0 saturated carbocycles. The average molecular weight is 201 g/mol. The van der Waals surface area contributed by atoms with Crippen LogP contribution in [0.15, 0.2) is 0 Å². The summed E-state index contributed by atoms with van der Waals surface area (Å²) in [6.45, 7) is 7.37. The van der Waals surface area contributed by atoms with Crippen molar-refractivity contribution in [3.8, 4) is 0 Å². The molecule has 82 valence electrons. The van der Waals surface area contributed by atoms with E-state index in [0.29, 0.717) is 0 Å². The minimum absolute atomic E-state index is 0.150. The Labute approximate surface area is 84.4 Å². The molecular formula is C9H19N3O2. The molecule has 0 bridgehead atoms. The van der Waals surface area contributed by atoms with Crippen LogP contribution in [0.2, 0.25) is 0 Å². The Morgan fingerprint density at radius 2 is 1.86 bits per heavy atom. The van der Waals surface area contributed by atoms with E-state index in [0.717, 1.165) is 0 Å². The molecule has 5 heteroatoms. The molecule has 0 aromatic heterocycles. The van der Waals surface area contributed by atoms with E-state index in [2.05, 4.69) is 10.6 Å². The summed E-state index contributed by atoms with van der Waals surface area (Å²) < 4.78 is 0. The number of rotatable bonds is 3. The summed E-state index contributed by atoms with van der Waals surface area (Å²) in [4.78, 5) is 21.8. The summed E-state index contributed by atoms with van der Waals surface area (Å²) in [5.41, 5.74) is 4.70. The van der Waals surface area contributed by atoms with E-state index in [1.165, 1.54) is 0 Å². The van der Waals surface area contributed by atoms with Crippen molar-refractivity contribution in [3.05, 3.63) is 0 Å². The molecule has 0 aromatic carbocycles. The van der Waals surface area contributed by atoms with Crippen LogP contribution in [0.25, 0.3) is 0 Å². The number of hydrogen-bond acceptors (Lipinski definition) is 2. The van der Waals surface area contributed by atoms with E-state index in [4.69, 9.17) is 5.73 Å². The Hall–Kier alpha value is -1.26. The molecule has 0 rings (SSSR count). The highest BCUT2D eigenvalue weighted by Crippen LogP contribution is 1.98. The summed E-state index contributed by atoms with van der Waals surface area (Å²) in [6.07, 6.45) is 0.150. The summed E-state index contributed by atoms with van der Waals surface area (Å²) in [5, 5.41) is 5.34. The van der Waals surface area contributed by atoms with Crippen molar-refractivity contribution in [1.82, 2.24) is 10.6 Å². The predicted octanol–water partition coefficient (Wildman–Crippen LogP) is 0.348. The third-order valence-electron chi connectivity index (χ3n) is 1.37. The van der Waals surface area contributed by atoms with Gasteiger partial charge in [-0.2, -0.15) is 0 Å². The van der Waals surface area contributed by atoms with Crippen molar-refractivity contribution >= 4 is 11.9 Å². The van der Waals surface area contributed by atoms with Gasteiger partial charge in [0.25, 0.3) is 0 Å². The van der Waals surface area contributed by atoms with Crippen LogP contribution in [0.1, 0.15) is 34.1 Å². The van der Waals surface area contributed by atoms with Gasteiger partial charge >= 0.3 is 6.03 Å². The summed E-state index contributed by atoms with van der Waals surface area (Å²) in [5.74, 6) is -0.423. The molecule has 0 radical (unpaired) electrons. The van der Waals surface area contributed by atoms with Crippen LogP contribution in [0.5, 0.6) is 0 Å². The van der Waals surface area contributed by atoms with Gasteiger partial charge in [0.05, 0.1) is 0 Å². The lowest BCUT2D eigenvalue weighted by Gasteiger charge is -2.22. The lowest BCUT2D eigenvalue weighted by molar-refractivity contribution is -0.118. The zero-order chi connectivity index (χ0) is 11.4. The second-order valence-corrected chi connectivity index (χ2v) is 4.42. The SMILES string of the molecule is CC(CC(N)=O)NC(=O)NC(C)(C)C. The van der Waals surface area contributed by atoms with Gasteiger partial charge in [0.2, 0.25) is 5.91 Å². The van der Waals surface area contributed by atoms with E-state index in [9.17, 15) is 9.59 Å². The van der Waals surface area contributed by atoms with Crippen molar-refractivity contribution in [2.45, 2.75) is 45.7 Å². The average Bonchev–Trinajstić information content (AvgIpc) is 1.77. The molecule has 1 unspecified atom stereocenters. The normalized spacial score (nSPS) is 13.1. The van der Waals surface area contributed by atoms with Gasteiger partial charge in [-0.3, -0.25) is 4.79 Å². The van der Waals surface area contributed by atoms with Crippen LogP contribution >= 0.6 is 0 Å². The molecule has 0 fully saturated rings. The molecule has 3 amide bonds. The fourth-order valence-electron chi connectivity index (χ4n) is 0.953. The van der Waals surface area contributed by atoms with Crippen molar-refractivity contribution in [2.75, 3.05) is 0 Å². The molecule has 0 heterocycles. The molecule has 0 aliphatic rings. The lowest BCUT2D eigenvalue weighted by atomic mass is 10.1.